The van der Waals surface area contributed by atoms with Gasteiger partial charge in [0.05, 0.1) is 13.1 Å². The van der Waals surface area contributed by atoms with E-state index < -0.39 is 0 Å². The molecule has 1 aromatic heterocycles. The summed E-state index contributed by atoms with van der Waals surface area (Å²) >= 11 is 2.05. The van der Waals surface area contributed by atoms with Gasteiger partial charge in [0.2, 0.25) is 0 Å². The molecule has 16 heavy (non-hydrogen) atoms. The normalized spacial score (nSPS) is 21.2. The van der Waals surface area contributed by atoms with Gasteiger partial charge in [-0.05, 0) is 26.0 Å². The second-order valence-electron chi connectivity index (χ2n) is 4.89. The molecule has 1 fully saturated rings. The van der Waals surface area contributed by atoms with E-state index in [1.807, 2.05) is 12.1 Å². The highest BCUT2D eigenvalue weighted by Gasteiger charge is 2.27. The van der Waals surface area contributed by atoms with Crippen LogP contribution in [0.5, 0.6) is 0 Å². The molecule has 1 saturated heterocycles. The number of hydrogen-bond acceptors (Lipinski definition) is 4. The lowest BCUT2D eigenvalue weighted by Gasteiger charge is -2.37. The summed E-state index contributed by atoms with van der Waals surface area (Å²) in [4.78, 5) is 2.45. The first-order valence-electron chi connectivity index (χ1n) is 5.73. The van der Waals surface area contributed by atoms with Crippen molar-refractivity contribution in [3.8, 4) is 0 Å². The summed E-state index contributed by atoms with van der Waals surface area (Å²) in [6.07, 6.45) is 0. The summed E-state index contributed by atoms with van der Waals surface area (Å²) in [5.74, 6) is 3.11. The van der Waals surface area contributed by atoms with E-state index in [0.717, 1.165) is 31.2 Å². The van der Waals surface area contributed by atoms with Crippen LogP contribution in [0.15, 0.2) is 16.5 Å². The van der Waals surface area contributed by atoms with Gasteiger partial charge >= 0.3 is 0 Å². The van der Waals surface area contributed by atoms with Gasteiger partial charge < -0.3 is 10.2 Å². The van der Waals surface area contributed by atoms with Crippen molar-refractivity contribution < 1.29 is 4.42 Å². The molecule has 3 nitrogen and oxygen atoms in total. The molecule has 0 radical (unpaired) electrons. The first kappa shape index (κ1) is 12.0. The zero-order valence-corrected chi connectivity index (χ0v) is 10.8. The fourth-order valence-electron chi connectivity index (χ4n) is 2.09. The molecule has 1 aliphatic rings. The molecule has 0 atom stereocenters. The first-order valence-corrected chi connectivity index (χ1v) is 6.71. The third-order valence-electron chi connectivity index (χ3n) is 2.80. The smallest absolute Gasteiger partial charge is 0.118 e. The SMILES string of the molecule is CC1(C)CN(Cc2ccc(CN)o2)CCS1. The quantitative estimate of drug-likeness (QED) is 0.878. The maximum atomic E-state index is 5.63. The van der Waals surface area contributed by atoms with Crippen LogP contribution in [0.4, 0.5) is 0 Å². The lowest BCUT2D eigenvalue weighted by atomic mass is 10.2. The van der Waals surface area contributed by atoms with Crippen molar-refractivity contribution in [1.29, 1.82) is 0 Å². The number of furan rings is 1. The Hall–Kier alpha value is -0.450. The van der Waals surface area contributed by atoms with Crippen molar-refractivity contribution in [2.24, 2.45) is 5.73 Å². The van der Waals surface area contributed by atoms with Crippen molar-refractivity contribution in [2.75, 3.05) is 18.8 Å². The van der Waals surface area contributed by atoms with E-state index in [-0.39, 0.29) is 0 Å². The van der Waals surface area contributed by atoms with Gasteiger partial charge in [-0.2, -0.15) is 11.8 Å². The highest BCUT2D eigenvalue weighted by atomic mass is 32.2. The largest absolute Gasteiger partial charge is 0.463 e. The minimum absolute atomic E-state index is 0.363. The Morgan fingerprint density at radius 1 is 1.44 bits per heavy atom. The minimum atomic E-state index is 0.363. The van der Waals surface area contributed by atoms with Crippen LogP contribution in [0.1, 0.15) is 25.4 Å². The molecule has 2 N–H and O–H groups in total. The van der Waals surface area contributed by atoms with E-state index in [1.54, 1.807) is 0 Å². The maximum Gasteiger partial charge on any atom is 0.118 e. The lowest BCUT2D eigenvalue weighted by Crippen LogP contribution is -2.42. The predicted molar refractivity (Wildman–Crippen MR) is 68.4 cm³/mol. The van der Waals surface area contributed by atoms with Gasteiger partial charge in [0.25, 0.3) is 0 Å². The molecule has 0 aromatic carbocycles. The zero-order valence-electron chi connectivity index (χ0n) is 10.0. The van der Waals surface area contributed by atoms with E-state index in [2.05, 4.69) is 30.5 Å². The first-order chi connectivity index (χ1) is 7.59. The molecule has 0 unspecified atom stereocenters. The molecule has 1 aromatic rings. The van der Waals surface area contributed by atoms with Gasteiger partial charge in [0, 0.05) is 23.6 Å². The van der Waals surface area contributed by atoms with Crippen LogP contribution in [0.3, 0.4) is 0 Å². The van der Waals surface area contributed by atoms with Crippen molar-refractivity contribution >= 4 is 11.8 Å². The molecule has 0 saturated carbocycles. The Morgan fingerprint density at radius 3 is 2.81 bits per heavy atom. The molecular weight excluding hydrogens is 220 g/mol. The maximum absolute atomic E-state index is 5.63. The molecule has 2 heterocycles. The highest BCUT2D eigenvalue weighted by molar-refractivity contribution is 8.00. The minimum Gasteiger partial charge on any atom is -0.463 e. The summed E-state index contributed by atoms with van der Waals surface area (Å²) in [5, 5.41) is 0. The van der Waals surface area contributed by atoms with E-state index >= 15 is 0 Å². The van der Waals surface area contributed by atoms with Gasteiger partial charge in [0.1, 0.15) is 11.5 Å². The summed E-state index contributed by atoms with van der Waals surface area (Å²) in [5.41, 5.74) is 5.53. The third kappa shape index (κ3) is 3.03. The number of thioether (sulfide) groups is 1. The Labute approximate surface area is 101 Å². The summed E-state index contributed by atoms with van der Waals surface area (Å²) in [6.45, 7) is 8.27. The van der Waals surface area contributed by atoms with Crippen LogP contribution in [0.25, 0.3) is 0 Å². The molecule has 2 rings (SSSR count). The average Bonchev–Trinajstić information content (AvgIpc) is 2.64. The molecule has 0 aliphatic carbocycles. The fraction of sp³-hybridized carbons (Fsp3) is 0.667. The van der Waals surface area contributed by atoms with Crippen LogP contribution in [0, 0.1) is 0 Å². The van der Waals surface area contributed by atoms with Crippen LogP contribution < -0.4 is 5.73 Å². The van der Waals surface area contributed by atoms with Gasteiger partial charge in [-0.3, -0.25) is 4.90 Å². The summed E-state index contributed by atoms with van der Waals surface area (Å²) in [7, 11) is 0. The van der Waals surface area contributed by atoms with Crippen LogP contribution >= 0.6 is 11.8 Å². The average molecular weight is 240 g/mol. The van der Waals surface area contributed by atoms with Gasteiger partial charge in [-0.15, -0.1) is 0 Å². The number of hydrogen-bond donors (Lipinski definition) is 1. The topological polar surface area (TPSA) is 42.4 Å². The fourth-order valence-corrected chi connectivity index (χ4v) is 3.26. The van der Waals surface area contributed by atoms with E-state index in [1.165, 1.54) is 5.75 Å². The van der Waals surface area contributed by atoms with E-state index in [4.69, 9.17) is 10.2 Å². The van der Waals surface area contributed by atoms with Crippen molar-refractivity contribution in [3.63, 3.8) is 0 Å². The molecule has 90 valence electrons. The van der Waals surface area contributed by atoms with Gasteiger partial charge in [-0.25, -0.2) is 0 Å². The monoisotopic (exact) mass is 240 g/mol. The highest BCUT2D eigenvalue weighted by Crippen LogP contribution is 2.30. The van der Waals surface area contributed by atoms with Crippen molar-refractivity contribution in [3.05, 3.63) is 23.7 Å². The standard InChI is InChI=1S/C12H20N2OS/c1-12(2)9-14(5-6-16-12)8-11-4-3-10(7-13)15-11/h3-4H,5-9,13H2,1-2H3. The second-order valence-corrected chi connectivity index (χ2v) is 6.69. The van der Waals surface area contributed by atoms with E-state index in [9.17, 15) is 0 Å². The Balaban J connectivity index is 1.94. The van der Waals surface area contributed by atoms with Crippen LogP contribution in [-0.4, -0.2) is 28.5 Å². The molecular formula is C12H20N2OS. The number of nitrogens with zero attached hydrogens (tertiary/aromatic N) is 1. The molecule has 4 heteroatoms. The summed E-state index contributed by atoms with van der Waals surface area (Å²) < 4.78 is 5.99. The van der Waals surface area contributed by atoms with Crippen molar-refractivity contribution in [2.45, 2.75) is 31.7 Å². The lowest BCUT2D eigenvalue weighted by molar-refractivity contribution is 0.231. The number of rotatable bonds is 3. The second kappa shape index (κ2) is 4.82. The van der Waals surface area contributed by atoms with Crippen LogP contribution in [-0.2, 0) is 13.1 Å². The molecule has 0 amide bonds. The van der Waals surface area contributed by atoms with Gasteiger partial charge in [-0.1, -0.05) is 0 Å². The molecule has 1 aliphatic heterocycles. The van der Waals surface area contributed by atoms with E-state index in [0.29, 0.717) is 11.3 Å². The molecule has 0 bridgehead atoms. The number of nitrogens with two attached hydrogens (primary N) is 1. The Morgan fingerprint density at radius 2 is 2.19 bits per heavy atom. The Kier molecular flexibility index (Phi) is 3.62. The van der Waals surface area contributed by atoms with Gasteiger partial charge in [0.15, 0.2) is 0 Å². The predicted octanol–water partition coefficient (Wildman–Crippen LogP) is 2.07. The zero-order chi connectivity index (χ0) is 11.6. The van der Waals surface area contributed by atoms with Crippen LogP contribution in [0.2, 0.25) is 0 Å². The summed E-state index contributed by atoms with van der Waals surface area (Å²) in [6, 6.07) is 4.01. The third-order valence-corrected chi connectivity index (χ3v) is 4.10. The van der Waals surface area contributed by atoms with Crippen molar-refractivity contribution in [1.82, 2.24) is 4.90 Å². The molecule has 0 spiro atoms. The Bertz CT molecular complexity index is 349.